The molecule has 0 aliphatic rings. The Morgan fingerprint density at radius 3 is 2.00 bits per heavy atom. The van der Waals surface area contributed by atoms with E-state index in [4.69, 9.17) is 15.7 Å². The van der Waals surface area contributed by atoms with Crippen LogP contribution in [0.2, 0.25) is 0 Å². The van der Waals surface area contributed by atoms with Crippen LogP contribution in [0.1, 0.15) is 38.6 Å². The zero-order chi connectivity index (χ0) is 31.4. The van der Waals surface area contributed by atoms with Gasteiger partial charge in [-0.15, -0.1) is 0 Å². The van der Waals surface area contributed by atoms with Gasteiger partial charge in [-0.3, -0.25) is 10.6 Å². The van der Waals surface area contributed by atoms with Gasteiger partial charge in [0.15, 0.2) is 5.92 Å². The van der Waals surface area contributed by atoms with Crippen LogP contribution in [0.3, 0.4) is 0 Å². The second-order valence-corrected chi connectivity index (χ2v) is 8.84. The molecule has 11 nitrogen and oxygen atoms in total. The molecule has 1 aromatic heterocycles. The number of aliphatic hydroxyl groups is 1. The van der Waals surface area contributed by atoms with Gasteiger partial charge in [-0.25, -0.2) is 18.3 Å². The third-order valence-corrected chi connectivity index (χ3v) is 5.49. The monoisotopic (exact) mass is 722 g/mol. The molecule has 0 aliphatic heterocycles. The van der Waals surface area contributed by atoms with E-state index in [9.17, 15) is 28.0 Å². The number of nitrogens with one attached hydrogen (secondary N) is 1. The van der Waals surface area contributed by atoms with E-state index in [1.807, 2.05) is 0 Å². The predicted molar refractivity (Wildman–Crippen MR) is 161 cm³/mol. The maximum Gasteiger partial charge on any atom is 0.341 e. The van der Waals surface area contributed by atoms with Crippen LogP contribution in [0.5, 0.6) is 0 Å². The minimum absolute atomic E-state index is 0. The number of aromatic nitrogens is 2. The van der Waals surface area contributed by atoms with E-state index in [-0.39, 0.29) is 44.8 Å². The second-order valence-electron chi connectivity index (χ2n) is 7.13. The first-order valence-corrected chi connectivity index (χ1v) is 13.4. The van der Waals surface area contributed by atoms with Crippen molar-refractivity contribution in [1.82, 2.24) is 9.78 Å². The van der Waals surface area contributed by atoms with Gasteiger partial charge >= 0.3 is 11.9 Å². The number of aldehydes is 2. The lowest BCUT2D eigenvalue weighted by Crippen LogP contribution is -2.19. The Morgan fingerprint density at radius 1 is 1.02 bits per heavy atom. The highest BCUT2D eigenvalue weighted by molar-refractivity contribution is 9.10. The highest BCUT2D eigenvalue weighted by atomic mass is 79.9. The smallest absolute Gasteiger partial charge is 0.341 e. The van der Waals surface area contributed by atoms with Crippen molar-refractivity contribution in [3.8, 4) is 5.69 Å². The van der Waals surface area contributed by atoms with E-state index < -0.39 is 17.9 Å². The Kier molecular flexibility index (Phi) is 22.3. The van der Waals surface area contributed by atoms with Gasteiger partial charge in [-0.05, 0) is 83.0 Å². The summed E-state index contributed by atoms with van der Waals surface area (Å²) in [6, 6.07) is 9.17. The Hall–Kier alpha value is -3.53. The van der Waals surface area contributed by atoms with Crippen LogP contribution in [0.15, 0.2) is 57.7 Å². The number of rotatable bonds is 8. The van der Waals surface area contributed by atoms with Crippen molar-refractivity contribution in [3.05, 3.63) is 74.9 Å². The molecule has 4 N–H and O–H groups in total. The molecule has 232 valence electrons. The zero-order valence-electron chi connectivity index (χ0n) is 22.4. The molecule has 2 aromatic carbocycles. The summed E-state index contributed by atoms with van der Waals surface area (Å²) in [4.78, 5) is 41.8. The highest BCUT2D eigenvalue weighted by Crippen LogP contribution is 2.19. The number of nitrogens with zero attached hydrogens (tertiary/aromatic N) is 2. The van der Waals surface area contributed by atoms with Crippen molar-refractivity contribution >= 4 is 62.1 Å². The summed E-state index contributed by atoms with van der Waals surface area (Å²) < 4.78 is 37.5. The lowest BCUT2D eigenvalue weighted by atomic mass is 10.2. The van der Waals surface area contributed by atoms with Gasteiger partial charge in [0.25, 0.3) is 0 Å². The lowest BCUT2D eigenvalue weighted by molar-refractivity contribution is -0.150. The minimum Gasteiger partial charge on any atom is -0.465 e. The number of halogens is 4. The second kappa shape index (κ2) is 23.1. The van der Waals surface area contributed by atoms with E-state index in [1.165, 1.54) is 29.2 Å². The first-order chi connectivity index (χ1) is 19.5. The first kappa shape index (κ1) is 40.6. The fourth-order valence-corrected chi connectivity index (χ4v) is 2.87. The SMILES string of the molecule is C.CCO.CCOC(=O)C(C=O)C=O.CCOC(=O)c1cnn(-c2ccc(Br)c(F)c2)c1.NNc1ccc(Br)c(F)c1. The molecular weight excluding hydrogens is 690 g/mol. The van der Waals surface area contributed by atoms with Crippen LogP contribution >= 0.6 is 31.9 Å². The van der Waals surface area contributed by atoms with Gasteiger partial charge in [-0.1, -0.05) is 7.43 Å². The maximum absolute atomic E-state index is 13.4. The molecule has 3 rings (SSSR count). The number of carbonyl (C=O) groups is 4. The molecular formula is C27H34Br2F2N4O7. The Bertz CT molecular complexity index is 1250. The molecule has 0 aliphatic carbocycles. The average molecular weight is 724 g/mol. The highest BCUT2D eigenvalue weighted by Gasteiger charge is 2.16. The Balaban J connectivity index is 0. The summed E-state index contributed by atoms with van der Waals surface area (Å²) in [5.74, 6) is 1.85. The third kappa shape index (κ3) is 14.9. The molecule has 15 heteroatoms. The molecule has 0 unspecified atom stereocenters. The minimum atomic E-state index is -1.25. The molecule has 42 heavy (non-hydrogen) atoms. The summed E-state index contributed by atoms with van der Waals surface area (Å²) in [6.45, 7) is 5.74. The molecule has 3 aromatic rings. The molecule has 0 saturated carbocycles. The molecule has 0 spiro atoms. The number of ether oxygens (including phenoxy) is 2. The van der Waals surface area contributed by atoms with Gasteiger partial charge < -0.3 is 29.6 Å². The van der Waals surface area contributed by atoms with Crippen LogP contribution in [-0.4, -0.2) is 59.2 Å². The summed E-state index contributed by atoms with van der Waals surface area (Å²) in [5, 5.41) is 11.6. The van der Waals surface area contributed by atoms with Crippen molar-refractivity contribution in [2.45, 2.75) is 28.2 Å². The molecule has 0 radical (unpaired) electrons. The van der Waals surface area contributed by atoms with Crippen molar-refractivity contribution in [2.75, 3.05) is 25.2 Å². The Morgan fingerprint density at radius 2 is 1.55 bits per heavy atom. The number of esters is 2. The number of hydrazine groups is 1. The van der Waals surface area contributed by atoms with Crippen LogP contribution in [0.4, 0.5) is 14.5 Å². The van der Waals surface area contributed by atoms with E-state index in [2.05, 4.69) is 47.1 Å². The predicted octanol–water partition coefficient (Wildman–Crippen LogP) is 5.02. The van der Waals surface area contributed by atoms with E-state index in [1.54, 1.807) is 45.0 Å². The summed E-state index contributed by atoms with van der Waals surface area (Å²) in [7, 11) is 0. The topological polar surface area (TPSA) is 163 Å². The van der Waals surface area contributed by atoms with Crippen LogP contribution in [0, 0.1) is 17.6 Å². The Labute approximate surface area is 259 Å². The van der Waals surface area contributed by atoms with Gasteiger partial charge in [-0.2, -0.15) is 5.10 Å². The molecule has 0 fully saturated rings. The lowest BCUT2D eigenvalue weighted by Gasteiger charge is -2.02. The number of anilines is 1. The van der Waals surface area contributed by atoms with Crippen molar-refractivity contribution < 1.29 is 42.5 Å². The summed E-state index contributed by atoms with van der Waals surface area (Å²) >= 11 is 6.09. The zero-order valence-corrected chi connectivity index (χ0v) is 25.5. The van der Waals surface area contributed by atoms with Crippen molar-refractivity contribution in [2.24, 2.45) is 11.8 Å². The third-order valence-electron chi connectivity index (χ3n) is 4.20. The van der Waals surface area contributed by atoms with E-state index in [0.717, 1.165) is 0 Å². The standard InChI is InChI=1S/C12H10BrFN2O2.C6H6BrFN2.C6H8O4.C2H6O.CH4/c1-2-18-12(17)8-6-15-16(7-8)9-3-4-10(13)11(14)5-9;7-5-2-1-4(10-9)3-6(5)8;1-2-10-6(9)5(3-7)4-8;1-2-3;/h3-7H,2H2,1H3;1-3,10H,9H2;3-5H,2H2,1H3;3H,2H2,1H3;1H4. The fourth-order valence-electron chi connectivity index (χ4n) is 2.38. The number of aliphatic hydroxyl groups excluding tert-OH is 1. The van der Waals surface area contributed by atoms with Crippen molar-refractivity contribution in [3.63, 3.8) is 0 Å². The fraction of sp³-hybridized carbons (Fsp3) is 0.296. The summed E-state index contributed by atoms with van der Waals surface area (Å²) in [5.41, 5.74) is 3.76. The van der Waals surface area contributed by atoms with Gasteiger partial charge in [0.1, 0.15) is 24.2 Å². The number of nitrogen functional groups attached to an aromatic ring is 1. The summed E-state index contributed by atoms with van der Waals surface area (Å²) in [6.07, 6.45) is 3.40. The maximum atomic E-state index is 13.4. The average Bonchev–Trinajstić information content (AvgIpc) is 3.45. The van der Waals surface area contributed by atoms with Gasteiger partial charge in [0.05, 0.1) is 45.3 Å². The van der Waals surface area contributed by atoms with Gasteiger partial charge in [0.2, 0.25) is 0 Å². The number of carbonyl (C=O) groups excluding carboxylic acids is 4. The molecule has 0 atom stereocenters. The quantitative estimate of drug-likeness (QED) is 0.0946. The first-order valence-electron chi connectivity index (χ1n) is 11.8. The number of nitrogens with two attached hydrogens (primary N) is 1. The molecule has 0 amide bonds. The van der Waals surface area contributed by atoms with E-state index >= 15 is 0 Å². The van der Waals surface area contributed by atoms with E-state index in [0.29, 0.717) is 32.5 Å². The number of benzene rings is 2. The van der Waals surface area contributed by atoms with Gasteiger partial charge in [0, 0.05) is 18.9 Å². The van der Waals surface area contributed by atoms with Crippen LogP contribution < -0.4 is 11.3 Å². The largest absolute Gasteiger partial charge is 0.465 e. The van der Waals surface area contributed by atoms with Crippen LogP contribution in [-0.2, 0) is 23.9 Å². The number of hydrogen-bond donors (Lipinski definition) is 3. The number of hydrogen-bond acceptors (Lipinski definition) is 10. The molecule has 0 saturated heterocycles. The van der Waals surface area contributed by atoms with Crippen molar-refractivity contribution in [1.29, 1.82) is 0 Å². The normalized spacial score (nSPS) is 9.29. The molecule has 1 heterocycles. The molecule has 0 bridgehead atoms. The van der Waals surface area contributed by atoms with Crippen LogP contribution in [0.25, 0.3) is 5.69 Å².